The van der Waals surface area contributed by atoms with E-state index in [1.807, 2.05) is 13.1 Å². The zero-order valence-electron chi connectivity index (χ0n) is 13.7. The van der Waals surface area contributed by atoms with Gasteiger partial charge in [0.05, 0.1) is 6.61 Å². The molecule has 0 aromatic heterocycles. The highest BCUT2D eigenvalue weighted by molar-refractivity contribution is 5.53. The molecule has 0 radical (unpaired) electrons. The highest BCUT2D eigenvalue weighted by Gasteiger charge is 2.11. The summed E-state index contributed by atoms with van der Waals surface area (Å²) in [7, 11) is 7.80. The Morgan fingerprint density at radius 3 is 2.62 bits per heavy atom. The molecule has 1 aromatic rings. The molecule has 0 saturated heterocycles. The summed E-state index contributed by atoms with van der Waals surface area (Å²) in [4.78, 5) is 4.28. The maximum atomic E-state index is 14.1. The van der Waals surface area contributed by atoms with Gasteiger partial charge in [-0.15, -0.1) is 0 Å². The first-order chi connectivity index (χ1) is 10.1. The van der Waals surface area contributed by atoms with E-state index in [0.29, 0.717) is 19.7 Å². The molecule has 120 valence electrons. The van der Waals surface area contributed by atoms with Gasteiger partial charge in [0, 0.05) is 45.0 Å². The zero-order valence-corrected chi connectivity index (χ0v) is 13.7. The van der Waals surface area contributed by atoms with Gasteiger partial charge < -0.3 is 19.9 Å². The van der Waals surface area contributed by atoms with Crippen LogP contribution in [0.4, 0.5) is 10.1 Å². The van der Waals surface area contributed by atoms with Crippen LogP contribution in [0.2, 0.25) is 0 Å². The van der Waals surface area contributed by atoms with Crippen molar-refractivity contribution >= 4 is 5.69 Å². The van der Waals surface area contributed by atoms with Crippen LogP contribution in [0.3, 0.4) is 0 Å². The fraction of sp³-hybridized carbons (Fsp3) is 0.625. The van der Waals surface area contributed by atoms with Crippen LogP contribution in [0.1, 0.15) is 12.0 Å². The summed E-state index contributed by atoms with van der Waals surface area (Å²) in [6.07, 6.45) is 1.05. The molecule has 0 unspecified atom stereocenters. The number of ether oxygens (including phenoxy) is 1. The summed E-state index contributed by atoms with van der Waals surface area (Å²) in [5.41, 5.74) is 1.68. The van der Waals surface area contributed by atoms with Crippen molar-refractivity contribution in [2.45, 2.75) is 13.0 Å². The maximum absolute atomic E-state index is 14.1. The fourth-order valence-electron chi connectivity index (χ4n) is 2.21. The maximum Gasteiger partial charge on any atom is 0.129 e. The van der Waals surface area contributed by atoms with E-state index >= 15 is 0 Å². The standard InChI is InChI=1S/C16H28FN3O/c1-19(2)10-6-11-20(3)16-8-5-7-15(17)14(16)13-18-9-12-21-4/h5,7-8,18H,6,9-13H2,1-4H3. The first kappa shape index (κ1) is 17.9. The van der Waals surface area contributed by atoms with Gasteiger partial charge in [-0.05, 0) is 39.2 Å². The number of halogens is 1. The molecule has 0 saturated carbocycles. The number of hydrogen-bond donors (Lipinski definition) is 1. The molecular formula is C16H28FN3O. The first-order valence-electron chi connectivity index (χ1n) is 7.39. The molecule has 0 fully saturated rings. The third-order valence-corrected chi connectivity index (χ3v) is 3.39. The first-order valence-corrected chi connectivity index (χ1v) is 7.39. The van der Waals surface area contributed by atoms with Crippen LogP contribution in [0.25, 0.3) is 0 Å². The molecule has 0 amide bonds. The molecule has 0 spiro atoms. The SMILES string of the molecule is COCCNCc1c(F)cccc1N(C)CCCN(C)C. The summed E-state index contributed by atoms with van der Waals surface area (Å²) in [5.74, 6) is -0.156. The van der Waals surface area contributed by atoms with Crippen LogP contribution in [0.5, 0.6) is 0 Å². The largest absolute Gasteiger partial charge is 0.383 e. The van der Waals surface area contributed by atoms with Gasteiger partial charge in [0.1, 0.15) is 5.82 Å². The van der Waals surface area contributed by atoms with E-state index in [-0.39, 0.29) is 5.82 Å². The molecule has 0 bridgehead atoms. The Bertz CT molecular complexity index is 413. The minimum atomic E-state index is -0.156. The molecule has 4 nitrogen and oxygen atoms in total. The minimum absolute atomic E-state index is 0.156. The monoisotopic (exact) mass is 297 g/mol. The van der Waals surface area contributed by atoms with E-state index in [1.165, 1.54) is 6.07 Å². The number of nitrogens with zero attached hydrogens (tertiary/aromatic N) is 2. The van der Waals surface area contributed by atoms with E-state index in [0.717, 1.165) is 30.8 Å². The van der Waals surface area contributed by atoms with Gasteiger partial charge in [-0.25, -0.2) is 4.39 Å². The van der Waals surface area contributed by atoms with Crippen molar-refractivity contribution in [1.29, 1.82) is 0 Å². The Labute approximate surface area is 127 Å². The summed E-state index contributed by atoms with van der Waals surface area (Å²) >= 11 is 0. The van der Waals surface area contributed by atoms with Crippen LogP contribution < -0.4 is 10.2 Å². The van der Waals surface area contributed by atoms with E-state index in [2.05, 4.69) is 29.2 Å². The summed E-state index contributed by atoms with van der Waals surface area (Å²) in [5, 5.41) is 3.21. The Kier molecular flexibility index (Phi) is 8.27. The van der Waals surface area contributed by atoms with Crippen LogP contribution in [0.15, 0.2) is 18.2 Å². The van der Waals surface area contributed by atoms with Crippen molar-refractivity contribution in [2.24, 2.45) is 0 Å². The smallest absolute Gasteiger partial charge is 0.129 e. The van der Waals surface area contributed by atoms with E-state index < -0.39 is 0 Å². The Balaban J connectivity index is 2.64. The van der Waals surface area contributed by atoms with E-state index in [9.17, 15) is 4.39 Å². The molecule has 0 aliphatic carbocycles. The van der Waals surface area contributed by atoms with Crippen molar-refractivity contribution in [3.8, 4) is 0 Å². The van der Waals surface area contributed by atoms with Gasteiger partial charge >= 0.3 is 0 Å². The predicted molar refractivity (Wildman–Crippen MR) is 86.4 cm³/mol. The molecular weight excluding hydrogens is 269 g/mol. The molecule has 5 heteroatoms. The van der Waals surface area contributed by atoms with Gasteiger partial charge in [0.25, 0.3) is 0 Å². The third kappa shape index (κ3) is 6.42. The second-order valence-corrected chi connectivity index (χ2v) is 5.49. The second kappa shape index (κ2) is 9.71. The number of anilines is 1. The fourth-order valence-corrected chi connectivity index (χ4v) is 2.21. The number of methoxy groups -OCH3 is 1. The highest BCUT2D eigenvalue weighted by Crippen LogP contribution is 2.22. The summed E-state index contributed by atoms with van der Waals surface area (Å²) in [6, 6.07) is 5.27. The molecule has 0 aliphatic heterocycles. The van der Waals surface area contributed by atoms with Crippen LogP contribution >= 0.6 is 0 Å². The van der Waals surface area contributed by atoms with Crippen molar-refractivity contribution in [3.63, 3.8) is 0 Å². The molecule has 21 heavy (non-hydrogen) atoms. The average Bonchev–Trinajstić information content (AvgIpc) is 2.44. The quantitative estimate of drug-likeness (QED) is 0.668. The lowest BCUT2D eigenvalue weighted by Crippen LogP contribution is -2.26. The molecule has 1 aromatic carbocycles. The zero-order chi connectivity index (χ0) is 15.7. The van der Waals surface area contributed by atoms with E-state index in [4.69, 9.17) is 4.74 Å². The van der Waals surface area contributed by atoms with Gasteiger partial charge in [0.15, 0.2) is 0 Å². The van der Waals surface area contributed by atoms with Gasteiger partial charge in [-0.2, -0.15) is 0 Å². The van der Waals surface area contributed by atoms with E-state index in [1.54, 1.807) is 13.2 Å². The summed E-state index contributed by atoms with van der Waals surface area (Å²) in [6.45, 7) is 3.80. The lowest BCUT2D eigenvalue weighted by atomic mass is 10.1. The molecule has 1 N–H and O–H groups in total. The highest BCUT2D eigenvalue weighted by atomic mass is 19.1. The Hall–Kier alpha value is -1.17. The average molecular weight is 297 g/mol. The minimum Gasteiger partial charge on any atom is -0.383 e. The lowest BCUT2D eigenvalue weighted by molar-refractivity contribution is 0.199. The second-order valence-electron chi connectivity index (χ2n) is 5.49. The number of nitrogens with one attached hydrogen (secondary N) is 1. The van der Waals surface area contributed by atoms with Gasteiger partial charge in [-0.3, -0.25) is 0 Å². The van der Waals surface area contributed by atoms with Crippen molar-refractivity contribution in [2.75, 3.05) is 59.4 Å². The Morgan fingerprint density at radius 2 is 1.95 bits per heavy atom. The lowest BCUT2D eigenvalue weighted by Gasteiger charge is -2.24. The normalized spacial score (nSPS) is 11.1. The van der Waals surface area contributed by atoms with Gasteiger partial charge in [0.2, 0.25) is 0 Å². The van der Waals surface area contributed by atoms with Crippen LogP contribution in [0, 0.1) is 5.82 Å². The topological polar surface area (TPSA) is 27.7 Å². The van der Waals surface area contributed by atoms with Crippen molar-refractivity contribution in [1.82, 2.24) is 10.2 Å². The van der Waals surface area contributed by atoms with Gasteiger partial charge in [-0.1, -0.05) is 6.07 Å². The number of benzene rings is 1. The number of hydrogen-bond acceptors (Lipinski definition) is 4. The van der Waals surface area contributed by atoms with Crippen LogP contribution in [-0.4, -0.2) is 59.4 Å². The van der Waals surface area contributed by atoms with Crippen LogP contribution in [-0.2, 0) is 11.3 Å². The van der Waals surface area contributed by atoms with Crippen molar-refractivity contribution < 1.29 is 9.13 Å². The molecule has 0 heterocycles. The third-order valence-electron chi connectivity index (χ3n) is 3.39. The predicted octanol–water partition coefficient (Wildman–Crippen LogP) is 1.95. The number of rotatable bonds is 10. The summed E-state index contributed by atoms with van der Waals surface area (Å²) < 4.78 is 19.1. The molecule has 0 aliphatic rings. The molecule has 1 rings (SSSR count). The molecule has 0 atom stereocenters. The van der Waals surface area contributed by atoms with Crippen molar-refractivity contribution in [3.05, 3.63) is 29.6 Å². The Morgan fingerprint density at radius 1 is 1.19 bits per heavy atom.